The monoisotopic (exact) mass is 401 g/mol. The quantitative estimate of drug-likeness (QED) is 0.840. The zero-order valence-electron chi connectivity index (χ0n) is 16.3. The number of anilines is 1. The molecule has 0 saturated carbocycles. The Hall–Kier alpha value is -2.45. The lowest BCUT2D eigenvalue weighted by atomic mass is 9.88. The van der Waals surface area contributed by atoms with Gasteiger partial charge in [-0.25, -0.2) is 4.79 Å². The van der Waals surface area contributed by atoms with Gasteiger partial charge in [-0.3, -0.25) is 4.79 Å². The van der Waals surface area contributed by atoms with Crippen LogP contribution in [0.5, 0.6) is 0 Å². The van der Waals surface area contributed by atoms with E-state index in [-0.39, 0.29) is 11.3 Å². The van der Waals surface area contributed by atoms with E-state index in [9.17, 15) is 22.8 Å². The number of alkyl halides is 3. The Kier molecular flexibility index (Phi) is 6.46. The van der Waals surface area contributed by atoms with Crippen LogP contribution in [0.15, 0.2) is 24.3 Å². The molecule has 1 atom stereocenters. The zero-order chi connectivity index (χ0) is 21.1. The SMILES string of the molecule is CC(C)(C)C[C@H](OC(N)=O)C(=O)N1CCN(c2cccc(C(F)(F)F)c2)CC1. The fourth-order valence-electron chi connectivity index (χ4n) is 3.14. The lowest BCUT2D eigenvalue weighted by molar-refractivity contribution is -0.142. The number of carbonyl (C=O) groups excluding carboxylic acids is 2. The maximum absolute atomic E-state index is 12.9. The van der Waals surface area contributed by atoms with E-state index in [0.29, 0.717) is 38.3 Å². The summed E-state index contributed by atoms with van der Waals surface area (Å²) in [6, 6.07) is 5.12. The van der Waals surface area contributed by atoms with Crippen LogP contribution in [0.1, 0.15) is 32.8 Å². The number of nitrogens with zero attached hydrogens (tertiary/aromatic N) is 2. The highest BCUT2D eigenvalue weighted by Crippen LogP contribution is 2.32. The van der Waals surface area contributed by atoms with Crippen LogP contribution in [-0.4, -0.2) is 49.2 Å². The summed E-state index contributed by atoms with van der Waals surface area (Å²) >= 11 is 0. The number of carbonyl (C=O) groups is 2. The van der Waals surface area contributed by atoms with Gasteiger partial charge in [0.25, 0.3) is 5.91 Å². The molecule has 6 nitrogen and oxygen atoms in total. The summed E-state index contributed by atoms with van der Waals surface area (Å²) in [5.74, 6) is -0.336. The largest absolute Gasteiger partial charge is 0.436 e. The molecule has 0 aliphatic carbocycles. The van der Waals surface area contributed by atoms with E-state index in [1.165, 1.54) is 6.07 Å². The van der Waals surface area contributed by atoms with Crippen molar-refractivity contribution in [3.63, 3.8) is 0 Å². The van der Waals surface area contributed by atoms with Crippen molar-refractivity contribution < 1.29 is 27.5 Å². The Labute approximate surface area is 162 Å². The number of piperazine rings is 1. The maximum Gasteiger partial charge on any atom is 0.416 e. The summed E-state index contributed by atoms with van der Waals surface area (Å²) in [5, 5.41) is 0. The number of primary amides is 1. The Balaban J connectivity index is 2.04. The molecule has 0 unspecified atom stereocenters. The molecule has 2 N–H and O–H groups in total. The molecule has 0 bridgehead atoms. The molecule has 156 valence electrons. The molecular formula is C19H26F3N3O3. The Bertz CT molecular complexity index is 708. The van der Waals surface area contributed by atoms with E-state index < -0.39 is 23.9 Å². The first-order valence-electron chi connectivity index (χ1n) is 9.04. The molecule has 2 rings (SSSR count). The topological polar surface area (TPSA) is 75.9 Å². The fourth-order valence-corrected chi connectivity index (χ4v) is 3.14. The molecule has 1 aromatic rings. The number of hydrogen-bond donors (Lipinski definition) is 1. The predicted molar refractivity (Wildman–Crippen MR) is 98.8 cm³/mol. The van der Waals surface area contributed by atoms with Gasteiger partial charge in [-0.1, -0.05) is 26.8 Å². The van der Waals surface area contributed by atoms with Crippen LogP contribution in [-0.2, 0) is 15.7 Å². The molecule has 1 saturated heterocycles. The minimum Gasteiger partial charge on any atom is -0.436 e. The van der Waals surface area contributed by atoms with Crippen molar-refractivity contribution in [3.05, 3.63) is 29.8 Å². The molecule has 1 aromatic carbocycles. The molecule has 0 radical (unpaired) electrons. The lowest BCUT2D eigenvalue weighted by Gasteiger charge is -2.38. The van der Waals surface area contributed by atoms with Crippen LogP contribution in [0, 0.1) is 5.41 Å². The average molecular weight is 401 g/mol. The van der Waals surface area contributed by atoms with Crippen LogP contribution in [0.25, 0.3) is 0 Å². The van der Waals surface area contributed by atoms with E-state index in [2.05, 4.69) is 0 Å². The van der Waals surface area contributed by atoms with Gasteiger partial charge in [0, 0.05) is 31.9 Å². The van der Waals surface area contributed by atoms with Crippen molar-refractivity contribution in [1.82, 2.24) is 4.90 Å². The molecule has 0 aromatic heterocycles. The Morgan fingerprint density at radius 3 is 2.25 bits per heavy atom. The summed E-state index contributed by atoms with van der Waals surface area (Å²) in [4.78, 5) is 27.3. The number of ether oxygens (including phenoxy) is 1. The number of rotatable bonds is 4. The average Bonchev–Trinajstić information content (AvgIpc) is 2.58. The standard InChI is InChI=1S/C19H26F3N3O3/c1-18(2,3)12-15(28-17(23)27)16(26)25-9-7-24(8-10-25)14-6-4-5-13(11-14)19(20,21)22/h4-6,11,15H,7-10,12H2,1-3H3,(H2,23,27)/t15-/m0/s1. The highest BCUT2D eigenvalue weighted by atomic mass is 19.4. The van der Waals surface area contributed by atoms with Gasteiger partial charge in [-0.15, -0.1) is 0 Å². The van der Waals surface area contributed by atoms with Crippen molar-refractivity contribution in [1.29, 1.82) is 0 Å². The van der Waals surface area contributed by atoms with E-state index in [4.69, 9.17) is 10.5 Å². The zero-order valence-corrected chi connectivity index (χ0v) is 16.3. The van der Waals surface area contributed by atoms with Crippen molar-refractivity contribution >= 4 is 17.7 Å². The Morgan fingerprint density at radius 2 is 1.75 bits per heavy atom. The molecule has 1 fully saturated rings. The van der Waals surface area contributed by atoms with Gasteiger partial charge in [0.1, 0.15) is 0 Å². The van der Waals surface area contributed by atoms with Crippen LogP contribution < -0.4 is 10.6 Å². The van der Waals surface area contributed by atoms with E-state index in [1.54, 1.807) is 15.9 Å². The first-order chi connectivity index (χ1) is 12.9. The molecular weight excluding hydrogens is 375 g/mol. The first kappa shape index (κ1) is 21.8. The molecule has 9 heteroatoms. The predicted octanol–water partition coefficient (Wildman–Crippen LogP) is 3.25. The molecule has 1 heterocycles. The minimum absolute atomic E-state index is 0.254. The maximum atomic E-state index is 12.9. The molecule has 0 spiro atoms. The highest BCUT2D eigenvalue weighted by Gasteiger charge is 2.34. The van der Waals surface area contributed by atoms with Gasteiger partial charge in [0.2, 0.25) is 0 Å². The van der Waals surface area contributed by atoms with E-state index in [1.807, 2.05) is 20.8 Å². The Morgan fingerprint density at radius 1 is 1.14 bits per heavy atom. The van der Waals surface area contributed by atoms with Crippen molar-refractivity contribution in [2.24, 2.45) is 11.1 Å². The second kappa shape index (κ2) is 8.28. The summed E-state index contributed by atoms with van der Waals surface area (Å²) < 4.78 is 43.7. The third-order valence-electron chi connectivity index (χ3n) is 4.46. The number of halogens is 3. The van der Waals surface area contributed by atoms with Gasteiger partial charge >= 0.3 is 12.3 Å². The fraction of sp³-hybridized carbons (Fsp3) is 0.579. The van der Waals surface area contributed by atoms with Crippen LogP contribution in [0.4, 0.5) is 23.7 Å². The molecule has 28 heavy (non-hydrogen) atoms. The summed E-state index contributed by atoms with van der Waals surface area (Å²) in [6.45, 7) is 7.16. The number of benzene rings is 1. The van der Waals surface area contributed by atoms with Gasteiger partial charge in [0.15, 0.2) is 6.10 Å². The summed E-state index contributed by atoms with van der Waals surface area (Å²) in [5.41, 5.74) is 4.60. The van der Waals surface area contributed by atoms with Gasteiger partial charge in [0.05, 0.1) is 5.56 Å². The smallest absolute Gasteiger partial charge is 0.416 e. The molecule has 1 aliphatic rings. The molecule has 1 aliphatic heterocycles. The summed E-state index contributed by atoms with van der Waals surface area (Å²) in [7, 11) is 0. The second-order valence-corrected chi connectivity index (χ2v) is 8.05. The summed E-state index contributed by atoms with van der Waals surface area (Å²) in [6.07, 6.45) is -6.06. The molecule has 2 amide bonds. The normalized spacial score (nSPS) is 16.6. The van der Waals surface area contributed by atoms with Gasteiger partial charge in [-0.2, -0.15) is 13.2 Å². The third-order valence-corrected chi connectivity index (χ3v) is 4.46. The van der Waals surface area contributed by atoms with Crippen LogP contribution >= 0.6 is 0 Å². The first-order valence-corrected chi connectivity index (χ1v) is 9.04. The third kappa shape index (κ3) is 6.03. The van der Waals surface area contributed by atoms with Crippen molar-refractivity contribution in [2.75, 3.05) is 31.1 Å². The van der Waals surface area contributed by atoms with Crippen LogP contribution in [0.3, 0.4) is 0 Å². The second-order valence-electron chi connectivity index (χ2n) is 8.05. The lowest BCUT2D eigenvalue weighted by Crippen LogP contribution is -2.53. The van der Waals surface area contributed by atoms with E-state index >= 15 is 0 Å². The highest BCUT2D eigenvalue weighted by molar-refractivity contribution is 5.83. The van der Waals surface area contributed by atoms with Gasteiger partial charge < -0.3 is 20.3 Å². The van der Waals surface area contributed by atoms with Gasteiger partial charge in [-0.05, 0) is 30.0 Å². The number of nitrogens with two attached hydrogens (primary N) is 1. The van der Waals surface area contributed by atoms with Crippen molar-refractivity contribution in [3.8, 4) is 0 Å². The number of hydrogen-bond acceptors (Lipinski definition) is 4. The number of amides is 2. The van der Waals surface area contributed by atoms with Crippen molar-refractivity contribution in [2.45, 2.75) is 39.5 Å². The van der Waals surface area contributed by atoms with Crippen LogP contribution in [0.2, 0.25) is 0 Å². The van der Waals surface area contributed by atoms with E-state index in [0.717, 1.165) is 12.1 Å². The minimum atomic E-state index is -4.40.